The number of aliphatic hydroxyl groups is 4. The van der Waals surface area contributed by atoms with Crippen LogP contribution in [0.1, 0.15) is 13.8 Å². The first-order chi connectivity index (χ1) is 6.86. The maximum Gasteiger partial charge on any atom is 0.184 e. The molecule has 0 radical (unpaired) electrons. The van der Waals surface area contributed by atoms with E-state index < -0.39 is 36.5 Å². The molecule has 6 nitrogen and oxygen atoms in total. The Bertz CT molecular complexity index is 241. The standard InChI is InChI=1S/C9H16O6/c1-3(2)4(10)8-6(12)5(11)7(13)9(14)15-8/h3,5-9,11-14H,1-2H3/t5-,6+,7+,8+,9?/m0/s1. The number of ether oxygens (including phenoxy) is 1. The molecule has 0 aromatic rings. The van der Waals surface area contributed by atoms with Crippen LogP contribution in [-0.4, -0.2) is 56.9 Å². The topological polar surface area (TPSA) is 107 Å². The third kappa shape index (κ3) is 2.35. The number of carbonyl (C=O) groups excluding carboxylic acids is 1. The molecule has 1 rings (SSSR count). The van der Waals surface area contributed by atoms with Crippen molar-refractivity contribution < 1.29 is 30.0 Å². The maximum atomic E-state index is 11.5. The van der Waals surface area contributed by atoms with Gasteiger partial charge in [-0.3, -0.25) is 4.79 Å². The largest absolute Gasteiger partial charge is 0.387 e. The molecule has 0 aromatic carbocycles. The van der Waals surface area contributed by atoms with Crippen LogP contribution < -0.4 is 0 Å². The molecular formula is C9H16O6. The van der Waals surface area contributed by atoms with Gasteiger partial charge in [0.2, 0.25) is 0 Å². The van der Waals surface area contributed by atoms with E-state index in [1.807, 2.05) is 0 Å². The number of Topliss-reactive ketones (excluding diaryl/α,β-unsaturated/α-hetero) is 1. The minimum Gasteiger partial charge on any atom is -0.387 e. The van der Waals surface area contributed by atoms with E-state index in [-0.39, 0.29) is 5.92 Å². The summed E-state index contributed by atoms with van der Waals surface area (Å²) in [6, 6.07) is 0. The predicted molar refractivity (Wildman–Crippen MR) is 48.7 cm³/mol. The lowest BCUT2D eigenvalue weighted by Crippen LogP contribution is -2.60. The van der Waals surface area contributed by atoms with Gasteiger partial charge in [0, 0.05) is 5.92 Å². The van der Waals surface area contributed by atoms with E-state index in [0.29, 0.717) is 0 Å². The number of ketones is 1. The second-order valence-electron chi connectivity index (χ2n) is 3.98. The quantitative estimate of drug-likeness (QED) is 0.429. The molecule has 1 heterocycles. The van der Waals surface area contributed by atoms with Crippen LogP contribution in [0.2, 0.25) is 0 Å². The zero-order valence-electron chi connectivity index (χ0n) is 8.57. The maximum absolute atomic E-state index is 11.5. The molecule has 4 N–H and O–H groups in total. The highest BCUT2D eigenvalue weighted by Gasteiger charge is 2.46. The van der Waals surface area contributed by atoms with Gasteiger partial charge in [-0.05, 0) is 0 Å². The van der Waals surface area contributed by atoms with Crippen LogP contribution in [0, 0.1) is 5.92 Å². The van der Waals surface area contributed by atoms with Crippen LogP contribution in [0.3, 0.4) is 0 Å². The van der Waals surface area contributed by atoms with Crippen molar-refractivity contribution in [3.05, 3.63) is 0 Å². The smallest absolute Gasteiger partial charge is 0.184 e. The summed E-state index contributed by atoms with van der Waals surface area (Å²) in [7, 11) is 0. The van der Waals surface area contributed by atoms with Crippen LogP contribution >= 0.6 is 0 Å². The van der Waals surface area contributed by atoms with Crippen molar-refractivity contribution in [1.29, 1.82) is 0 Å². The summed E-state index contributed by atoms with van der Waals surface area (Å²) in [6.45, 7) is 3.23. The Morgan fingerprint density at radius 3 is 2.07 bits per heavy atom. The van der Waals surface area contributed by atoms with E-state index in [9.17, 15) is 20.1 Å². The third-order valence-electron chi connectivity index (χ3n) is 2.44. The molecule has 1 unspecified atom stereocenters. The molecule has 1 aliphatic heterocycles. The van der Waals surface area contributed by atoms with Gasteiger partial charge in [0.25, 0.3) is 0 Å². The van der Waals surface area contributed by atoms with E-state index in [2.05, 4.69) is 0 Å². The summed E-state index contributed by atoms with van der Waals surface area (Å²) in [5.74, 6) is -0.813. The Labute approximate surface area is 87.1 Å². The number of hydrogen-bond acceptors (Lipinski definition) is 6. The second-order valence-corrected chi connectivity index (χ2v) is 3.98. The van der Waals surface area contributed by atoms with Crippen molar-refractivity contribution in [3.8, 4) is 0 Å². The summed E-state index contributed by atoms with van der Waals surface area (Å²) in [6.07, 6.45) is -7.65. The first-order valence-corrected chi connectivity index (χ1v) is 4.77. The molecule has 88 valence electrons. The summed E-state index contributed by atoms with van der Waals surface area (Å²) in [5, 5.41) is 37.1. The van der Waals surface area contributed by atoms with Crippen molar-refractivity contribution in [1.82, 2.24) is 0 Å². The van der Waals surface area contributed by atoms with E-state index in [1.54, 1.807) is 13.8 Å². The predicted octanol–water partition coefficient (Wildman–Crippen LogP) is -1.99. The highest BCUT2D eigenvalue weighted by molar-refractivity contribution is 5.85. The van der Waals surface area contributed by atoms with Crippen LogP contribution in [0.15, 0.2) is 0 Å². The lowest BCUT2D eigenvalue weighted by molar-refractivity contribution is -0.275. The number of rotatable bonds is 2. The highest BCUT2D eigenvalue weighted by atomic mass is 16.6. The number of carbonyl (C=O) groups is 1. The highest BCUT2D eigenvalue weighted by Crippen LogP contribution is 2.22. The molecule has 1 saturated heterocycles. The Morgan fingerprint density at radius 2 is 1.60 bits per heavy atom. The molecule has 6 heteroatoms. The Morgan fingerprint density at radius 1 is 1.07 bits per heavy atom. The molecule has 1 aliphatic rings. The molecular weight excluding hydrogens is 204 g/mol. The lowest BCUT2D eigenvalue weighted by Gasteiger charge is -2.38. The first-order valence-electron chi connectivity index (χ1n) is 4.77. The van der Waals surface area contributed by atoms with E-state index >= 15 is 0 Å². The van der Waals surface area contributed by atoms with E-state index in [1.165, 1.54) is 0 Å². The molecule has 0 saturated carbocycles. The SMILES string of the molecule is CC(C)C(=O)[C@H]1OC(O)[C@H](O)[C@@H](O)[C@H]1O. The van der Waals surface area contributed by atoms with Gasteiger partial charge in [0.05, 0.1) is 0 Å². The number of hydrogen-bond donors (Lipinski definition) is 4. The minimum absolute atomic E-state index is 0.390. The molecule has 0 aliphatic carbocycles. The van der Waals surface area contributed by atoms with Gasteiger partial charge in [-0.25, -0.2) is 0 Å². The molecule has 0 aromatic heterocycles. The molecule has 0 spiro atoms. The average molecular weight is 220 g/mol. The van der Waals surface area contributed by atoms with Gasteiger partial charge in [-0.1, -0.05) is 13.8 Å². The Balaban J connectivity index is 2.79. The van der Waals surface area contributed by atoms with Gasteiger partial charge >= 0.3 is 0 Å². The van der Waals surface area contributed by atoms with Crippen LogP contribution in [0.4, 0.5) is 0 Å². The summed E-state index contributed by atoms with van der Waals surface area (Å²) < 4.78 is 4.75. The van der Waals surface area contributed by atoms with E-state index in [4.69, 9.17) is 9.84 Å². The fourth-order valence-electron chi connectivity index (χ4n) is 1.42. The molecule has 1 fully saturated rings. The van der Waals surface area contributed by atoms with Crippen molar-refractivity contribution in [3.63, 3.8) is 0 Å². The van der Waals surface area contributed by atoms with Gasteiger partial charge in [-0.2, -0.15) is 0 Å². The lowest BCUT2D eigenvalue weighted by atomic mass is 9.92. The summed E-state index contributed by atoms with van der Waals surface area (Å²) in [5.41, 5.74) is 0. The summed E-state index contributed by atoms with van der Waals surface area (Å²) >= 11 is 0. The first kappa shape index (κ1) is 12.5. The van der Waals surface area contributed by atoms with Crippen molar-refractivity contribution in [2.75, 3.05) is 0 Å². The monoisotopic (exact) mass is 220 g/mol. The Kier molecular flexibility index (Phi) is 3.80. The molecule has 0 amide bonds. The second kappa shape index (κ2) is 4.54. The van der Waals surface area contributed by atoms with Crippen molar-refractivity contribution in [2.24, 2.45) is 5.92 Å². The van der Waals surface area contributed by atoms with Crippen molar-refractivity contribution >= 4 is 5.78 Å². The minimum atomic E-state index is -1.66. The van der Waals surface area contributed by atoms with E-state index in [0.717, 1.165) is 0 Å². The zero-order valence-corrected chi connectivity index (χ0v) is 8.57. The normalized spacial score (nSPS) is 41.9. The van der Waals surface area contributed by atoms with Gasteiger partial charge in [-0.15, -0.1) is 0 Å². The average Bonchev–Trinajstić information content (AvgIpc) is 2.19. The number of aliphatic hydroxyl groups excluding tert-OH is 4. The van der Waals surface area contributed by atoms with Crippen LogP contribution in [0.5, 0.6) is 0 Å². The van der Waals surface area contributed by atoms with Crippen LogP contribution in [-0.2, 0) is 9.53 Å². The van der Waals surface area contributed by atoms with Gasteiger partial charge in [0.15, 0.2) is 12.1 Å². The fraction of sp³-hybridized carbons (Fsp3) is 0.889. The molecule has 5 atom stereocenters. The zero-order chi connectivity index (χ0) is 11.7. The Hall–Kier alpha value is -0.530. The van der Waals surface area contributed by atoms with Crippen molar-refractivity contribution in [2.45, 2.75) is 44.6 Å². The fourth-order valence-corrected chi connectivity index (χ4v) is 1.42. The molecule has 15 heavy (non-hydrogen) atoms. The third-order valence-corrected chi connectivity index (χ3v) is 2.44. The summed E-state index contributed by atoms with van der Waals surface area (Å²) in [4.78, 5) is 11.5. The van der Waals surface area contributed by atoms with Gasteiger partial charge in [0.1, 0.15) is 24.4 Å². The van der Waals surface area contributed by atoms with Gasteiger partial charge < -0.3 is 25.2 Å². The van der Waals surface area contributed by atoms with Crippen LogP contribution in [0.25, 0.3) is 0 Å². The molecule has 0 bridgehead atoms.